The van der Waals surface area contributed by atoms with Crippen LogP contribution in [-0.2, 0) is 0 Å². The van der Waals surface area contributed by atoms with Gasteiger partial charge in [-0.05, 0) is 18.4 Å². The first-order valence-electron chi connectivity index (χ1n) is 3.02. The summed E-state index contributed by atoms with van der Waals surface area (Å²) >= 11 is 3.32. The van der Waals surface area contributed by atoms with Gasteiger partial charge in [-0.3, -0.25) is 0 Å². The predicted molar refractivity (Wildman–Crippen MR) is 44.5 cm³/mol. The van der Waals surface area contributed by atoms with Crippen molar-refractivity contribution in [3.05, 3.63) is 34.9 Å². The molecule has 1 rings (SSSR count). The van der Waals surface area contributed by atoms with E-state index in [1.807, 2.05) is 0 Å². The molecule has 0 amide bonds. The molecule has 0 radical (unpaired) electrons. The predicted octanol–water partition coefficient (Wildman–Crippen LogP) is 3.17. The molecular weight excluding hydrogens is 176 g/mol. The molecule has 48 valence electrons. The van der Waals surface area contributed by atoms with E-state index in [4.69, 9.17) is 0 Å². The average Bonchev–Trinajstić information content (AvgIpc) is 1.90. The van der Waals surface area contributed by atoms with Crippen LogP contribution < -0.4 is 0 Å². The van der Waals surface area contributed by atoms with E-state index in [1.165, 1.54) is 12.0 Å². The SMILES string of the molecule is C=C(Br)C1=CCCC=C1. The maximum Gasteiger partial charge on any atom is 0.0172 e. The largest absolute Gasteiger partial charge is 0.0841 e. The summed E-state index contributed by atoms with van der Waals surface area (Å²) in [5, 5.41) is 0. The Labute approximate surface area is 64.1 Å². The van der Waals surface area contributed by atoms with Crippen molar-refractivity contribution in [1.29, 1.82) is 0 Å². The van der Waals surface area contributed by atoms with Crippen LogP contribution in [0, 0.1) is 0 Å². The minimum absolute atomic E-state index is 0.985. The normalized spacial score (nSPS) is 17.2. The molecule has 0 spiro atoms. The third-order valence-corrected chi connectivity index (χ3v) is 1.77. The van der Waals surface area contributed by atoms with E-state index in [9.17, 15) is 0 Å². The van der Waals surface area contributed by atoms with Gasteiger partial charge in [0.2, 0.25) is 0 Å². The fourth-order valence-corrected chi connectivity index (χ4v) is 1.11. The zero-order chi connectivity index (χ0) is 6.69. The Balaban J connectivity index is 2.69. The number of allylic oxidation sites excluding steroid dienone is 5. The molecule has 9 heavy (non-hydrogen) atoms. The van der Waals surface area contributed by atoms with Crippen molar-refractivity contribution in [2.45, 2.75) is 12.8 Å². The van der Waals surface area contributed by atoms with Crippen LogP contribution in [0.1, 0.15) is 12.8 Å². The molecular formula is C8H9Br. The van der Waals surface area contributed by atoms with Crippen LogP contribution in [0.15, 0.2) is 34.9 Å². The molecule has 1 heteroatoms. The molecule has 0 unspecified atom stereocenters. The molecule has 0 aromatic carbocycles. The van der Waals surface area contributed by atoms with Gasteiger partial charge in [0.15, 0.2) is 0 Å². The monoisotopic (exact) mass is 184 g/mol. The zero-order valence-electron chi connectivity index (χ0n) is 5.23. The number of rotatable bonds is 1. The van der Waals surface area contributed by atoms with Gasteiger partial charge in [-0.1, -0.05) is 40.7 Å². The molecule has 0 aliphatic heterocycles. The van der Waals surface area contributed by atoms with Crippen molar-refractivity contribution >= 4 is 15.9 Å². The topological polar surface area (TPSA) is 0 Å². The molecule has 0 fully saturated rings. The molecule has 0 heterocycles. The fourth-order valence-electron chi connectivity index (χ4n) is 0.815. The van der Waals surface area contributed by atoms with E-state index < -0.39 is 0 Å². The van der Waals surface area contributed by atoms with E-state index in [-0.39, 0.29) is 0 Å². The molecule has 0 saturated carbocycles. The average molecular weight is 185 g/mol. The molecule has 0 atom stereocenters. The fraction of sp³-hybridized carbons (Fsp3) is 0.250. The van der Waals surface area contributed by atoms with Crippen LogP contribution in [0.2, 0.25) is 0 Å². The second-order valence-electron chi connectivity index (χ2n) is 2.04. The van der Waals surface area contributed by atoms with E-state index in [0.29, 0.717) is 0 Å². The zero-order valence-corrected chi connectivity index (χ0v) is 6.82. The summed E-state index contributed by atoms with van der Waals surface area (Å²) in [5.41, 5.74) is 1.22. The first-order chi connectivity index (χ1) is 4.30. The van der Waals surface area contributed by atoms with Gasteiger partial charge in [0.25, 0.3) is 0 Å². The number of hydrogen-bond donors (Lipinski definition) is 0. The van der Waals surface area contributed by atoms with Crippen LogP contribution in [0.25, 0.3) is 0 Å². The summed E-state index contributed by atoms with van der Waals surface area (Å²) in [5.74, 6) is 0. The highest BCUT2D eigenvalue weighted by atomic mass is 79.9. The third kappa shape index (κ3) is 1.83. The lowest BCUT2D eigenvalue weighted by molar-refractivity contribution is 1.02. The second kappa shape index (κ2) is 3.02. The van der Waals surface area contributed by atoms with Crippen molar-refractivity contribution in [2.24, 2.45) is 0 Å². The maximum absolute atomic E-state index is 3.78. The molecule has 0 bridgehead atoms. The number of halogens is 1. The van der Waals surface area contributed by atoms with Crippen molar-refractivity contribution in [3.8, 4) is 0 Å². The van der Waals surface area contributed by atoms with Crippen LogP contribution in [-0.4, -0.2) is 0 Å². The first kappa shape index (κ1) is 6.81. The van der Waals surface area contributed by atoms with Crippen LogP contribution >= 0.6 is 15.9 Å². The van der Waals surface area contributed by atoms with E-state index in [2.05, 4.69) is 40.7 Å². The van der Waals surface area contributed by atoms with Gasteiger partial charge in [-0.25, -0.2) is 0 Å². The quantitative estimate of drug-likeness (QED) is 0.588. The molecule has 0 aromatic rings. The third-order valence-electron chi connectivity index (χ3n) is 1.31. The van der Waals surface area contributed by atoms with Crippen LogP contribution in [0.3, 0.4) is 0 Å². The molecule has 0 saturated heterocycles. The molecule has 0 aromatic heterocycles. The highest BCUT2D eigenvalue weighted by molar-refractivity contribution is 9.11. The van der Waals surface area contributed by atoms with Crippen molar-refractivity contribution in [2.75, 3.05) is 0 Å². The minimum Gasteiger partial charge on any atom is -0.0841 e. The van der Waals surface area contributed by atoms with Crippen LogP contribution in [0.4, 0.5) is 0 Å². The smallest absolute Gasteiger partial charge is 0.0172 e. The second-order valence-corrected chi connectivity index (χ2v) is 3.00. The Kier molecular flexibility index (Phi) is 2.29. The summed E-state index contributed by atoms with van der Waals surface area (Å²) in [6.45, 7) is 3.78. The summed E-state index contributed by atoms with van der Waals surface area (Å²) in [6, 6.07) is 0. The maximum atomic E-state index is 3.78. The van der Waals surface area contributed by atoms with E-state index >= 15 is 0 Å². The van der Waals surface area contributed by atoms with Gasteiger partial charge < -0.3 is 0 Å². The van der Waals surface area contributed by atoms with Crippen molar-refractivity contribution < 1.29 is 0 Å². The van der Waals surface area contributed by atoms with Gasteiger partial charge in [0.1, 0.15) is 0 Å². The van der Waals surface area contributed by atoms with Gasteiger partial charge in [-0.2, -0.15) is 0 Å². The Morgan fingerprint density at radius 2 is 2.33 bits per heavy atom. The Hall–Kier alpha value is -0.300. The lowest BCUT2D eigenvalue weighted by Crippen LogP contribution is -1.81. The van der Waals surface area contributed by atoms with Crippen LogP contribution in [0.5, 0.6) is 0 Å². The molecule has 1 aliphatic rings. The summed E-state index contributed by atoms with van der Waals surface area (Å²) < 4.78 is 0.985. The summed E-state index contributed by atoms with van der Waals surface area (Å²) in [7, 11) is 0. The van der Waals surface area contributed by atoms with Gasteiger partial charge in [0, 0.05) is 4.48 Å². The first-order valence-corrected chi connectivity index (χ1v) is 3.81. The van der Waals surface area contributed by atoms with Gasteiger partial charge in [0.05, 0.1) is 0 Å². The van der Waals surface area contributed by atoms with Crippen molar-refractivity contribution in [3.63, 3.8) is 0 Å². The Morgan fingerprint density at radius 3 is 2.67 bits per heavy atom. The lowest BCUT2D eigenvalue weighted by Gasteiger charge is -2.02. The summed E-state index contributed by atoms with van der Waals surface area (Å²) in [4.78, 5) is 0. The van der Waals surface area contributed by atoms with Gasteiger partial charge in [-0.15, -0.1) is 0 Å². The number of hydrogen-bond acceptors (Lipinski definition) is 0. The van der Waals surface area contributed by atoms with E-state index in [0.717, 1.165) is 10.9 Å². The summed E-state index contributed by atoms with van der Waals surface area (Å²) in [6.07, 6.45) is 8.78. The molecule has 0 nitrogen and oxygen atoms in total. The van der Waals surface area contributed by atoms with E-state index in [1.54, 1.807) is 0 Å². The molecule has 0 N–H and O–H groups in total. The lowest BCUT2D eigenvalue weighted by atomic mass is 10.1. The highest BCUT2D eigenvalue weighted by Gasteiger charge is 1.96. The van der Waals surface area contributed by atoms with Gasteiger partial charge >= 0.3 is 0 Å². The molecule has 1 aliphatic carbocycles. The standard InChI is InChI=1S/C8H9Br/c1-7(9)8-5-3-2-4-6-8/h3,5-6H,1-2,4H2. The Bertz CT molecular complexity index is 175. The highest BCUT2D eigenvalue weighted by Crippen LogP contribution is 2.20. The van der Waals surface area contributed by atoms with Crippen molar-refractivity contribution in [1.82, 2.24) is 0 Å². The Morgan fingerprint density at radius 1 is 1.56 bits per heavy atom. The minimum atomic E-state index is 0.985.